The van der Waals surface area contributed by atoms with Gasteiger partial charge in [-0.2, -0.15) is 0 Å². The standard InChI is InChI=1S/C26H22N2O9S/c29-21(18-4-1-5-20(14-18)28(34)35)15-37-26(33)17-9-11-19(12-10-17)27-24(31)7-2-8-25(32)36-16-22(30)23-6-3-13-38-23/h1,3-6,9-14H,2,7-8,15-16H2,(H,27,31). The fraction of sp³-hybridized carbons (Fsp3) is 0.192. The SMILES string of the molecule is O=C(CCCC(=O)OCC(=O)c1cccs1)Nc1ccc(C(=O)OCC(=O)c2cccc([N+](=O)[O-])c2)cc1. The molecule has 0 aliphatic rings. The number of anilines is 1. The fourth-order valence-electron chi connectivity index (χ4n) is 3.12. The van der Waals surface area contributed by atoms with Crippen molar-refractivity contribution in [1.82, 2.24) is 0 Å². The third-order valence-electron chi connectivity index (χ3n) is 5.06. The van der Waals surface area contributed by atoms with Crippen LogP contribution >= 0.6 is 11.3 Å². The summed E-state index contributed by atoms with van der Waals surface area (Å²) in [6, 6.07) is 14.2. The van der Waals surface area contributed by atoms with Gasteiger partial charge in [-0.15, -0.1) is 11.3 Å². The molecule has 196 valence electrons. The lowest BCUT2D eigenvalue weighted by Gasteiger charge is -2.07. The van der Waals surface area contributed by atoms with E-state index >= 15 is 0 Å². The van der Waals surface area contributed by atoms with E-state index in [-0.39, 0.29) is 54.4 Å². The molecule has 2 aromatic carbocycles. The number of Topliss-reactive ketones (excluding diaryl/α,β-unsaturated/α-hetero) is 2. The van der Waals surface area contributed by atoms with E-state index in [0.29, 0.717) is 10.6 Å². The van der Waals surface area contributed by atoms with Gasteiger partial charge in [0.15, 0.2) is 13.2 Å². The Balaban J connectivity index is 1.37. The van der Waals surface area contributed by atoms with Crippen LogP contribution in [-0.2, 0) is 19.1 Å². The molecule has 0 aliphatic carbocycles. The summed E-state index contributed by atoms with van der Waals surface area (Å²) in [6.45, 7) is -0.938. The quantitative estimate of drug-likeness (QED) is 0.145. The van der Waals surface area contributed by atoms with Crippen molar-refractivity contribution < 1.29 is 38.4 Å². The highest BCUT2D eigenvalue weighted by molar-refractivity contribution is 7.12. The van der Waals surface area contributed by atoms with Gasteiger partial charge in [-0.3, -0.25) is 29.3 Å². The summed E-state index contributed by atoms with van der Waals surface area (Å²) in [5.41, 5.74) is 0.337. The molecular formula is C26H22N2O9S. The lowest BCUT2D eigenvalue weighted by molar-refractivity contribution is -0.384. The predicted molar refractivity (Wildman–Crippen MR) is 136 cm³/mol. The molecule has 3 aromatic rings. The highest BCUT2D eigenvalue weighted by atomic mass is 32.1. The Morgan fingerprint density at radius 2 is 1.58 bits per heavy atom. The summed E-state index contributed by atoms with van der Waals surface area (Å²) in [5, 5.41) is 15.2. The number of benzene rings is 2. The van der Waals surface area contributed by atoms with Crippen LogP contribution in [0.25, 0.3) is 0 Å². The van der Waals surface area contributed by atoms with Gasteiger partial charge < -0.3 is 14.8 Å². The average molecular weight is 539 g/mol. The summed E-state index contributed by atoms with van der Waals surface area (Å²) in [4.78, 5) is 70.8. The Morgan fingerprint density at radius 3 is 2.26 bits per heavy atom. The largest absolute Gasteiger partial charge is 0.457 e. The Morgan fingerprint density at radius 1 is 0.842 bits per heavy atom. The van der Waals surface area contributed by atoms with E-state index in [9.17, 15) is 34.1 Å². The van der Waals surface area contributed by atoms with E-state index < -0.39 is 29.3 Å². The van der Waals surface area contributed by atoms with Gasteiger partial charge in [0.05, 0.1) is 15.4 Å². The molecule has 38 heavy (non-hydrogen) atoms. The molecule has 0 fully saturated rings. The minimum absolute atomic E-state index is 0.0229. The van der Waals surface area contributed by atoms with Crippen LogP contribution in [0.1, 0.15) is 49.7 Å². The molecular weight excluding hydrogens is 516 g/mol. The second-order valence-electron chi connectivity index (χ2n) is 7.85. The zero-order valence-corrected chi connectivity index (χ0v) is 20.7. The van der Waals surface area contributed by atoms with E-state index in [1.54, 1.807) is 17.5 Å². The number of thiophene rings is 1. The van der Waals surface area contributed by atoms with Crippen LogP contribution in [0.4, 0.5) is 11.4 Å². The topological polar surface area (TPSA) is 159 Å². The minimum Gasteiger partial charge on any atom is -0.457 e. The zero-order chi connectivity index (χ0) is 27.5. The van der Waals surface area contributed by atoms with Crippen LogP contribution in [0.5, 0.6) is 0 Å². The molecule has 0 saturated carbocycles. The monoisotopic (exact) mass is 538 g/mol. The fourth-order valence-corrected chi connectivity index (χ4v) is 3.77. The van der Waals surface area contributed by atoms with Gasteiger partial charge in [-0.25, -0.2) is 4.79 Å². The Bertz CT molecular complexity index is 1340. The molecule has 1 aromatic heterocycles. The van der Waals surface area contributed by atoms with Crippen molar-refractivity contribution in [3.8, 4) is 0 Å². The molecule has 12 heteroatoms. The molecule has 0 aliphatic heterocycles. The molecule has 3 rings (SSSR count). The van der Waals surface area contributed by atoms with Crippen LogP contribution in [0.15, 0.2) is 66.0 Å². The van der Waals surface area contributed by atoms with Crippen molar-refractivity contribution in [1.29, 1.82) is 0 Å². The number of carbonyl (C=O) groups excluding carboxylic acids is 5. The normalized spacial score (nSPS) is 10.3. The summed E-state index contributed by atoms with van der Waals surface area (Å²) >= 11 is 1.26. The second-order valence-corrected chi connectivity index (χ2v) is 8.79. The van der Waals surface area contributed by atoms with Gasteiger partial charge in [0, 0.05) is 36.2 Å². The maximum Gasteiger partial charge on any atom is 0.338 e. The van der Waals surface area contributed by atoms with E-state index in [1.165, 1.54) is 53.8 Å². The number of ketones is 2. The van der Waals surface area contributed by atoms with Gasteiger partial charge in [0.2, 0.25) is 17.5 Å². The molecule has 11 nitrogen and oxygen atoms in total. The maximum absolute atomic E-state index is 12.2. The molecule has 1 heterocycles. The van der Waals surface area contributed by atoms with Crippen molar-refractivity contribution >= 4 is 52.1 Å². The third kappa shape index (κ3) is 8.45. The number of nitrogens with one attached hydrogen (secondary N) is 1. The number of ether oxygens (including phenoxy) is 2. The Labute approximate surface area is 220 Å². The van der Waals surface area contributed by atoms with Gasteiger partial charge >= 0.3 is 11.9 Å². The summed E-state index contributed by atoms with van der Waals surface area (Å²) in [7, 11) is 0. The molecule has 0 bridgehead atoms. The average Bonchev–Trinajstić information content (AvgIpc) is 3.46. The summed E-state index contributed by atoms with van der Waals surface area (Å²) in [5.74, 6) is -2.59. The van der Waals surface area contributed by atoms with E-state index in [2.05, 4.69) is 5.32 Å². The van der Waals surface area contributed by atoms with E-state index in [0.717, 1.165) is 6.07 Å². The van der Waals surface area contributed by atoms with Gasteiger partial charge in [-0.05, 0) is 42.1 Å². The number of carbonyl (C=O) groups is 5. The molecule has 0 saturated heterocycles. The van der Waals surface area contributed by atoms with Gasteiger partial charge in [0.1, 0.15) is 0 Å². The number of nitro benzene ring substituents is 1. The third-order valence-corrected chi connectivity index (χ3v) is 5.97. The minimum atomic E-state index is -0.780. The van der Waals surface area contributed by atoms with Crippen molar-refractivity contribution in [2.45, 2.75) is 19.3 Å². The van der Waals surface area contributed by atoms with E-state index in [1.807, 2.05) is 0 Å². The lowest BCUT2D eigenvalue weighted by Crippen LogP contribution is -2.15. The van der Waals surface area contributed by atoms with Crippen LogP contribution < -0.4 is 5.32 Å². The first-order valence-electron chi connectivity index (χ1n) is 11.3. The predicted octanol–water partition coefficient (Wildman–Crippen LogP) is 4.23. The number of nitrogens with zero attached hydrogens (tertiary/aromatic N) is 1. The number of rotatable bonds is 13. The highest BCUT2D eigenvalue weighted by Gasteiger charge is 2.15. The first kappa shape index (κ1) is 27.9. The number of esters is 2. The van der Waals surface area contributed by atoms with Crippen LogP contribution in [0, 0.1) is 10.1 Å². The zero-order valence-electron chi connectivity index (χ0n) is 19.9. The Hall–Kier alpha value is -4.71. The second kappa shape index (κ2) is 13.6. The number of nitro groups is 1. The molecule has 0 radical (unpaired) electrons. The summed E-state index contributed by atoms with van der Waals surface area (Å²) in [6.07, 6.45) is 0.239. The van der Waals surface area contributed by atoms with Gasteiger partial charge in [-0.1, -0.05) is 18.2 Å². The molecule has 0 unspecified atom stereocenters. The first-order chi connectivity index (χ1) is 18.2. The number of hydrogen-bond donors (Lipinski definition) is 1. The van der Waals surface area contributed by atoms with Crippen molar-refractivity contribution in [2.75, 3.05) is 18.5 Å². The molecule has 1 N–H and O–H groups in total. The molecule has 1 amide bonds. The first-order valence-corrected chi connectivity index (χ1v) is 12.2. The van der Waals surface area contributed by atoms with Crippen LogP contribution in [0.3, 0.4) is 0 Å². The van der Waals surface area contributed by atoms with Gasteiger partial charge in [0.25, 0.3) is 5.69 Å². The smallest absolute Gasteiger partial charge is 0.338 e. The molecule has 0 spiro atoms. The lowest BCUT2D eigenvalue weighted by atomic mass is 10.1. The maximum atomic E-state index is 12.2. The Kier molecular flexibility index (Phi) is 9.94. The number of hydrogen-bond acceptors (Lipinski definition) is 10. The van der Waals surface area contributed by atoms with Crippen molar-refractivity contribution in [2.24, 2.45) is 0 Å². The van der Waals surface area contributed by atoms with Crippen LogP contribution in [0.2, 0.25) is 0 Å². The number of amides is 1. The number of non-ortho nitro benzene ring substituents is 1. The van der Waals surface area contributed by atoms with E-state index in [4.69, 9.17) is 9.47 Å². The highest BCUT2D eigenvalue weighted by Crippen LogP contribution is 2.15. The van der Waals surface area contributed by atoms with Crippen molar-refractivity contribution in [3.63, 3.8) is 0 Å². The summed E-state index contributed by atoms with van der Waals surface area (Å²) < 4.78 is 9.92. The molecule has 0 atom stereocenters. The van der Waals surface area contributed by atoms with Crippen molar-refractivity contribution in [3.05, 3.63) is 92.2 Å². The van der Waals surface area contributed by atoms with Crippen LogP contribution in [-0.4, -0.2) is 47.5 Å².